The Kier molecular flexibility index (Phi) is 7.30. The van der Waals surface area contributed by atoms with E-state index in [-0.39, 0.29) is 48.7 Å². The van der Waals surface area contributed by atoms with Crippen LogP contribution < -0.4 is 0 Å². The summed E-state index contributed by atoms with van der Waals surface area (Å²) >= 11 is 0. The van der Waals surface area contributed by atoms with Gasteiger partial charge >= 0.3 is 23.9 Å². The molecule has 2 N–H and O–H groups in total. The van der Waals surface area contributed by atoms with E-state index >= 15 is 0 Å². The maximum atomic E-state index is 12.3. The minimum atomic E-state index is -0.993. The summed E-state index contributed by atoms with van der Waals surface area (Å²) in [6.45, 7) is 4.62. The molecule has 0 aromatic heterocycles. The van der Waals surface area contributed by atoms with Crippen molar-refractivity contribution in [3.63, 3.8) is 0 Å². The van der Waals surface area contributed by atoms with Crippen LogP contribution in [0.1, 0.15) is 90.9 Å². The average molecular weight is 491 g/mol. The summed E-state index contributed by atoms with van der Waals surface area (Å²) in [5.74, 6) is -1.27. The van der Waals surface area contributed by atoms with Gasteiger partial charge in [-0.25, -0.2) is 0 Å². The van der Waals surface area contributed by atoms with Crippen LogP contribution in [-0.4, -0.2) is 46.3 Å². The van der Waals surface area contributed by atoms with Gasteiger partial charge in [0.2, 0.25) is 0 Å². The van der Waals surface area contributed by atoms with Crippen molar-refractivity contribution in [1.82, 2.24) is 0 Å². The molecule has 4 rings (SSSR count). The summed E-state index contributed by atoms with van der Waals surface area (Å²) < 4.78 is 11.4. The molecule has 5 unspecified atom stereocenters. The molecule has 0 aliphatic heterocycles. The van der Waals surface area contributed by atoms with Crippen molar-refractivity contribution in [2.75, 3.05) is 0 Å². The molecule has 0 saturated heterocycles. The smallest absolute Gasteiger partial charge is 0.306 e. The predicted octanol–water partition coefficient (Wildman–Crippen LogP) is 4.50. The zero-order valence-corrected chi connectivity index (χ0v) is 20.8. The molecule has 0 amide bonds. The minimum Gasteiger partial charge on any atom is -0.481 e. The Morgan fingerprint density at radius 3 is 2.17 bits per heavy atom. The third kappa shape index (κ3) is 5.12. The maximum absolute atomic E-state index is 12.3. The summed E-state index contributed by atoms with van der Waals surface area (Å²) in [7, 11) is 0. The van der Waals surface area contributed by atoms with Crippen molar-refractivity contribution in [2.24, 2.45) is 28.6 Å². The van der Waals surface area contributed by atoms with E-state index in [1.54, 1.807) is 0 Å². The number of carbonyl (C=O) groups excluding carboxylic acids is 2. The Morgan fingerprint density at radius 1 is 0.857 bits per heavy atom. The molecule has 3 saturated carbocycles. The van der Waals surface area contributed by atoms with Gasteiger partial charge in [-0.3, -0.25) is 19.2 Å². The van der Waals surface area contributed by atoms with Crippen molar-refractivity contribution < 1.29 is 38.9 Å². The topological polar surface area (TPSA) is 127 Å². The zero-order chi connectivity index (χ0) is 25.4. The van der Waals surface area contributed by atoms with Crippen LogP contribution in [-0.2, 0) is 28.7 Å². The Balaban J connectivity index is 1.40. The molecule has 0 aromatic carbocycles. The van der Waals surface area contributed by atoms with Crippen LogP contribution in [0, 0.1) is 28.6 Å². The second-order valence-corrected chi connectivity index (χ2v) is 11.5. The molecular weight excluding hydrogens is 452 g/mol. The first-order valence-electron chi connectivity index (χ1n) is 13.0. The number of hydrogen-bond donors (Lipinski definition) is 2. The lowest BCUT2D eigenvalue weighted by Crippen LogP contribution is -2.51. The number of carboxylic acid groups (broad SMARTS) is 2. The second-order valence-electron chi connectivity index (χ2n) is 11.5. The number of aliphatic carboxylic acids is 2. The summed E-state index contributed by atoms with van der Waals surface area (Å²) in [5, 5.41) is 17.6. The quantitative estimate of drug-likeness (QED) is 0.376. The summed E-state index contributed by atoms with van der Waals surface area (Å²) in [6.07, 6.45) is 8.85. The van der Waals surface area contributed by atoms with E-state index in [1.807, 2.05) is 0 Å². The molecule has 0 spiro atoms. The minimum absolute atomic E-state index is 0.0708. The van der Waals surface area contributed by atoms with Crippen LogP contribution >= 0.6 is 0 Å². The van der Waals surface area contributed by atoms with Gasteiger partial charge in [0.25, 0.3) is 0 Å². The molecule has 0 aromatic rings. The number of ether oxygens (including phenoxy) is 2. The van der Waals surface area contributed by atoms with Crippen molar-refractivity contribution >= 4 is 23.9 Å². The van der Waals surface area contributed by atoms with Gasteiger partial charge in [-0.05, 0) is 68.1 Å². The van der Waals surface area contributed by atoms with E-state index in [0.717, 1.165) is 51.4 Å². The molecule has 4 aliphatic rings. The van der Waals surface area contributed by atoms with E-state index in [9.17, 15) is 19.2 Å². The second kappa shape index (κ2) is 9.94. The largest absolute Gasteiger partial charge is 0.481 e. The number of carbonyl (C=O) groups is 4. The molecule has 4 aliphatic carbocycles. The number of rotatable bonds is 8. The van der Waals surface area contributed by atoms with Gasteiger partial charge < -0.3 is 19.7 Å². The van der Waals surface area contributed by atoms with Crippen molar-refractivity contribution in [2.45, 2.75) is 103 Å². The number of carboxylic acids is 2. The summed E-state index contributed by atoms with van der Waals surface area (Å²) in [6, 6.07) is 0. The van der Waals surface area contributed by atoms with E-state index in [1.165, 1.54) is 5.57 Å². The van der Waals surface area contributed by atoms with Gasteiger partial charge in [-0.15, -0.1) is 0 Å². The Hall–Kier alpha value is -2.38. The van der Waals surface area contributed by atoms with Crippen molar-refractivity contribution in [3.05, 3.63) is 11.6 Å². The Bertz CT molecular complexity index is 909. The third-order valence-electron chi connectivity index (χ3n) is 9.63. The van der Waals surface area contributed by atoms with Gasteiger partial charge in [-0.2, -0.15) is 0 Å². The van der Waals surface area contributed by atoms with Crippen LogP contribution in [0.2, 0.25) is 0 Å². The lowest BCUT2D eigenvalue weighted by molar-refractivity contribution is -0.161. The fourth-order valence-electron chi connectivity index (χ4n) is 7.75. The van der Waals surface area contributed by atoms with E-state index in [0.29, 0.717) is 17.8 Å². The number of fused-ring (bicyclic) bond motifs is 5. The summed E-state index contributed by atoms with van der Waals surface area (Å²) in [4.78, 5) is 45.8. The highest BCUT2D eigenvalue weighted by Crippen LogP contribution is 2.65. The highest BCUT2D eigenvalue weighted by molar-refractivity contribution is 5.77. The van der Waals surface area contributed by atoms with Crippen LogP contribution in [0.25, 0.3) is 0 Å². The first-order valence-corrected chi connectivity index (χ1v) is 13.0. The predicted molar refractivity (Wildman–Crippen MR) is 125 cm³/mol. The van der Waals surface area contributed by atoms with Crippen LogP contribution in [0.15, 0.2) is 11.6 Å². The van der Waals surface area contributed by atoms with E-state index in [4.69, 9.17) is 19.7 Å². The highest BCUT2D eigenvalue weighted by Gasteiger charge is 2.59. The molecule has 8 nitrogen and oxygen atoms in total. The maximum Gasteiger partial charge on any atom is 0.306 e. The number of hydrogen-bond acceptors (Lipinski definition) is 6. The number of allylic oxidation sites excluding steroid dienone is 1. The molecule has 194 valence electrons. The first kappa shape index (κ1) is 25.7. The molecule has 7 atom stereocenters. The fraction of sp³-hybridized carbons (Fsp3) is 0.778. The van der Waals surface area contributed by atoms with Gasteiger partial charge in [0.1, 0.15) is 12.2 Å². The lowest BCUT2D eigenvalue weighted by atomic mass is 9.48. The first-order chi connectivity index (χ1) is 16.5. The Labute approximate surface area is 206 Å². The molecule has 8 heteroatoms. The molecule has 3 fully saturated rings. The van der Waals surface area contributed by atoms with Crippen molar-refractivity contribution in [1.29, 1.82) is 0 Å². The molecule has 0 heterocycles. The fourth-order valence-corrected chi connectivity index (χ4v) is 7.75. The molecule has 0 radical (unpaired) electrons. The Morgan fingerprint density at radius 2 is 1.51 bits per heavy atom. The van der Waals surface area contributed by atoms with Crippen molar-refractivity contribution in [3.8, 4) is 0 Å². The molecular formula is C27H38O8. The zero-order valence-electron chi connectivity index (χ0n) is 20.8. The summed E-state index contributed by atoms with van der Waals surface area (Å²) in [5.41, 5.74) is 1.38. The van der Waals surface area contributed by atoms with E-state index < -0.39 is 23.9 Å². The number of esters is 2. The highest BCUT2D eigenvalue weighted by atomic mass is 16.5. The van der Waals surface area contributed by atoms with Gasteiger partial charge in [-0.1, -0.05) is 25.5 Å². The van der Waals surface area contributed by atoms with Crippen LogP contribution in [0.5, 0.6) is 0 Å². The van der Waals surface area contributed by atoms with Crippen LogP contribution in [0.4, 0.5) is 0 Å². The molecule has 0 bridgehead atoms. The van der Waals surface area contributed by atoms with Gasteiger partial charge in [0.05, 0.1) is 25.7 Å². The normalized spacial score (nSPS) is 37.8. The van der Waals surface area contributed by atoms with E-state index in [2.05, 4.69) is 19.9 Å². The average Bonchev–Trinajstić information content (AvgIpc) is 3.12. The van der Waals surface area contributed by atoms with Crippen LogP contribution in [0.3, 0.4) is 0 Å². The standard InChI is InChI=1S/C27H38O8/c1-26-13-11-17(34-24(32)9-7-22(28)29)15-16(26)3-4-18-19-5-6-21(27(19,2)14-12-20(18)26)35-25(33)10-8-23(30)31/h3,17-21H,4-15H2,1-2H3,(H,28,29)(H,30,31)/t17?,18?,19?,20?,21-,26?,27-/m0/s1. The third-order valence-corrected chi connectivity index (χ3v) is 9.63. The molecule has 35 heavy (non-hydrogen) atoms. The monoisotopic (exact) mass is 490 g/mol. The lowest BCUT2D eigenvalue weighted by Gasteiger charge is -2.57. The van der Waals surface area contributed by atoms with Gasteiger partial charge in [0.15, 0.2) is 0 Å². The SMILES string of the molecule is CC12CCC(OC(=O)CCC(=O)O)CC1=CCC1C2CC[C@@]2(C)C1CC[C@@H]2OC(=O)CCC(=O)O. The van der Waals surface area contributed by atoms with Gasteiger partial charge in [0, 0.05) is 11.8 Å².